The molecule has 122 valence electrons. The summed E-state index contributed by atoms with van der Waals surface area (Å²) in [5, 5.41) is 3.97. The second-order valence-corrected chi connectivity index (χ2v) is 6.55. The molecule has 1 aromatic rings. The zero-order chi connectivity index (χ0) is 15.5. The fourth-order valence-electron chi connectivity index (χ4n) is 3.93. The van der Waals surface area contributed by atoms with Gasteiger partial charge in [0, 0.05) is 37.8 Å². The number of rotatable bonds is 4. The zero-order valence-electron chi connectivity index (χ0n) is 13.6. The highest BCUT2D eigenvalue weighted by atomic mass is 16.5. The molecular formula is C17H26N2O3. The van der Waals surface area contributed by atoms with Crippen molar-refractivity contribution in [2.24, 2.45) is 5.92 Å². The summed E-state index contributed by atoms with van der Waals surface area (Å²) >= 11 is 0. The van der Waals surface area contributed by atoms with E-state index in [9.17, 15) is 4.79 Å². The molecule has 0 aromatic carbocycles. The molecule has 2 aliphatic rings. The van der Waals surface area contributed by atoms with Crippen LogP contribution in [0.4, 0.5) is 0 Å². The second-order valence-electron chi connectivity index (χ2n) is 6.55. The molecule has 0 spiro atoms. The van der Waals surface area contributed by atoms with Crippen LogP contribution in [0.3, 0.4) is 0 Å². The predicted molar refractivity (Wildman–Crippen MR) is 82.6 cm³/mol. The molecule has 3 heterocycles. The molecule has 2 saturated heterocycles. The lowest BCUT2D eigenvalue weighted by Gasteiger charge is -2.34. The number of carbonyl (C=O) groups excluding carboxylic acids is 1. The molecule has 0 bridgehead atoms. The maximum atomic E-state index is 12.7. The first-order valence-corrected chi connectivity index (χ1v) is 8.45. The largest absolute Gasteiger partial charge is 0.381 e. The van der Waals surface area contributed by atoms with Crippen LogP contribution >= 0.6 is 0 Å². The van der Waals surface area contributed by atoms with Crippen LogP contribution in [0.5, 0.6) is 0 Å². The van der Waals surface area contributed by atoms with Gasteiger partial charge >= 0.3 is 0 Å². The number of aryl methyl sites for hydroxylation is 2. The van der Waals surface area contributed by atoms with E-state index in [-0.39, 0.29) is 5.91 Å². The molecule has 0 N–H and O–H groups in total. The maximum absolute atomic E-state index is 12.7. The molecule has 0 saturated carbocycles. The van der Waals surface area contributed by atoms with Crippen LogP contribution in [0.2, 0.25) is 0 Å². The minimum absolute atomic E-state index is 0.286. The average Bonchev–Trinajstić information content (AvgIpc) is 3.14. The van der Waals surface area contributed by atoms with E-state index < -0.39 is 0 Å². The van der Waals surface area contributed by atoms with Gasteiger partial charge in [-0.25, -0.2) is 0 Å². The van der Waals surface area contributed by atoms with Crippen LogP contribution in [0.1, 0.15) is 49.1 Å². The number of ether oxygens (including phenoxy) is 1. The van der Waals surface area contributed by atoms with Gasteiger partial charge in [0.05, 0.1) is 5.69 Å². The van der Waals surface area contributed by atoms with Crippen LogP contribution in [-0.2, 0) is 16.0 Å². The Morgan fingerprint density at radius 3 is 2.73 bits per heavy atom. The van der Waals surface area contributed by atoms with E-state index in [4.69, 9.17) is 9.26 Å². The number of amides is 1. The highest BCUT2D eigenvalue weighted by Gasteiger charge is 2.35. The molecule has 1 aromatic heterocycles. The smallest absolute Gasteiger partial charge is 0.223 e. The van der Waals surface area contributed by atoms with Crippen molar-refractivity contribution in [2.45, 2.75) is 58.4 Å². The van der Waals surface area contributed by atoms with Crippen molar-refractivity contribution >= 4 is 5.91 Å². The molecule has 22 heavy (non-hydrogen) atoms. The predicted octanol–water partition coefficient (Wildman–Crippen LogP) is 2.64. The molecule has 0 aliphatic carbocycles. The van der Waals surface area contributed by atoms with Crippen molar-refractivity contribution in [3.05, 3.63) is 17.0 Å². The first-order chi connectivity index (χ1) is 10.7. The SMILES string of the molecule is Cc1noc(C)c1CCC(=O)N1CCCC1C1CCOCC1. The fraction of sp³-hybridized carbons (Fsp3) is 0.765. The van der Waals surface area contributed by atoms with Crippen molar-refractivity contribution in [3.63, 3.8) is 0 Å². The lowest BCUT2D eigenvalue weighted by atomic mass is 9.90. The second kappa shape index (κ2) is 6.82. The lowest BCUT2D eigenvalue weighted by molar-refractivity contribution is -0.133. The van der Waals surface area contributed by atoms with E-state index in [1.54, 1.807) is 0 Å². The summed E-state index contributed by atoms with van der Waals surface area (Å²) in [5.74, 6) is 1.75. The minimum Gasteiger partial charge on any atom is -0.381 e. The van der Waals surface area contributed by atoms with Gasteiger partial charge in [-0.05, 0) is 51.9 Å². The first-order valence-electron chi connectivity index (χ1n) is 8.45. The van der Waals surface area contributed by atoms with E-state index in [2.05, 4.69) is 10.1 Å². The van der Waals surface area contributed by atoms with Gasteiger partial charge in [0.25, 0.3) is 0 Å². The summed E-state index contributed by atoms with van der Waals surface area (Å²) in [5.41, 5.74) is 2.00. The van der Waals surface area contributed by atoms with E-state index in [0.717, 1.165) is 68.9 Å². The van der Waals surface area contributed by atoms with E-state index in [1.807, 2.05) is 13.8 Å². The molecule has 1 atom stereocenters. The summed E-state index contributed by atoms with van der Waals surface area (Å²) in [6.07, 6.45) is 5.77. The van der Waals surface area contributed by atoms with Gasteiger partial charge < -0.3 is 14.2 Å². The van der Waals surface area contributed by atoms with E-state index in [0.29, 0.717) is 18.4 Å². The number of carbonyl (C=O) groups is 1. The third kappa shape index (κ3) is 3.19. The third-order valence-corrected chi connectivity index (χ3v) is 5.20. The van der Waals surface area contributed by atoms with Gasteiger partial charge in [-0.3, -0.25) is 4.79 Å². The monoisotopic (exact) mass is 306 g/mol. The Kier molecular flexibility index (Phi) is 4.81. The molecule has 5 heteroatoms. The van der Waals surface area contributed by atoms with Crippen LogP contribution in [-0.4, -0.2) is 41.8 Å². The van der Waals surface area contributed by atoms with Gasteiger partial charge in [0.1, 0.15) is 5.76 Å². The van der Waals surface area contributed by atoms with Gasteiger partial charge in [-0.1, -0.05) is 5.16 Å². The Hall–Kier alpha value is -1.36. The molecule has 2 aliphatic heterocycles. The van der Waals surface area contributed by atoms with Crippen molar-refractivity contribution in [3.8, 4) is 0 Å². The van der Waals surface area contributed by atoms with Crippen LogP contribution in [0, 0.1) is 19.8 Å². The standard InChI is InChI=1S/C17H26N2O3/c1-12-15(13(2)22-18-12)5-6-17(20)19-9-3-4-16(19)14-7-10-21-11-8-14/h14,16H,3-11H2,1-2H3. The number of likely N-dealkylation sites (tertiary alicyclic amines) is 1. The Morgan fingerprint density at radius 2 is 2.05 bits per heavy atom. The number of nitrogens with zero attached hydrogens (tertiary/aromatic N) is 2. The van der Waals surface area contributed by atoms with Crippen LogP contribution in [0.15, 0.2) is 4.52 Å². The first kappa shape index (κ1) is 15.5. The Morgan fingerprint density at radius 1 is 1.27 bits per heavy atom. The lowest BCUT2D eigenvalue weighted by Crippen LogP contribution is -2.42. The summed E-state index contributed by atoms with van der Waals surface area (Å²) < 4.78 is 10.6. The summed E-state index contributed by atoms with van der Waals surface area (Å²) in [6, 6.07) is 0.432. The van der Waals surface area contributed by atoms with E-state index >= 15 is 0 Å². The summed E-state index contributed by atoms with van der Waals surface area (Å²) in [6.45, 7) is 6.48. The highest BCUT2D eigenvalue weighted by molar-refractivity contribution is 5.77. The molecule has 2 fully saturated rings. The van der Waals surface area contributed by atoms with Crippen molar-refractivity contribution in [2.75, 3.05) is 19.8 Å². The van der Waals surface area contributed by atoms with Gasteiger partial charge in [0.2, 0.25) is 5.91 Å². The molecule has 3 rings (SSSR count). The number of aromatic nitrogens is 1. The third-order valence-electron chi connectivity index (χ3n) is 5.20. The zero-order valence-corrected chi connectivity index (χ0v) is 13.6. The molecule has 1 unspecified atom stereocenters. The van der Waals surface area contributed by atoms with Gasteiger partial charge in [-0.2, -0.15) is 0 Å². The Labute approximate surface area is 132 Å². The normalized spacial score (nSPS) is 23.2. The number of hydrogen-bond acceptors (Lipinski definition) is 4. The van der Waals surface area contributed by atoms with E-state index in [1.165, 1.54) is 0 Å². The Bertz CT molecular complexity index is 500. The topological polar surface area (TPSA) is 55.6 Å². The summed E-state index contributed by atoms with van der Waals surface area (Å²) in [7, 11) is 0. The van der Waals surface area contributed by atoms with Crippen molar-refractivity contribution in [1.82, 2.24) is 10.1 Å². The quantitative estimate of drug-likeness (QED) is 0.858. The average molecular weight is 306 g/mol. The van der Waals surface area contributed by atoms with Crippen LogP contribution < -0.4 is 0 Å². The van der Waals surface area contributed by atoms with Crippen LogP contribution in [0.25, 0.3) is 0 Å². The van der Waals surface area contributed by atoms with Crippen molar-refractivity contribution in [1.29, 1.82) is 0 Å². The highest BCUT2D eigenvalue weighted by Crippen LogP contribution is 2.31. The molecule has 0 radical (unpaired) electrons. The molecule has 5 nitrogen and oxygen atoms in total. The molecule has 1 amide bonds. The summed E-state index contributed by atoms with van der Waals surface area (Å²) in [4.78, 5) is 14.8. The Balaban J connectivity index is 1.59. The molecular weight excluding hydrogens is 280 g/mol. The van der Waals surface area contributed by atoms with Gasteiger partial charge in [0.15, 0.2) is 0 Å². The van der Waals surface area contributed by atoms with Gasteiger partial charge in [-0.15, -0.1) is 0 Å². The maximum Gasteiger partial charge on any atom is 0.223 e. The number of hydrogen-bond donors (Lipinski definition) is 0. The van der Waals surface area contributed by atoms with Crippen molar-refractivity contribution < 1.29 is 14.1 Å². The minimum atomic E-state index is 0.286. The fourth-order valence-corrected chi connectivity index (χ4v) is 3.93.